The molecule has 0 aliphatic heterocycles. The maximum atomic E-state index is 10.9. The minimum absolute atomic E-state index is 0.174. The largest absolute Gasteiger partial charge is 0.298 e. The molecule has 0 saturated carbocycles. The first-order valence-electron chi connectivity index (χ1n) is 4.30. The highest BCUT2D eigenvalue weighted by Gasteiger charge is 2.16. The summed E-state index contributed by atoms with van der Waals surface area (Å²) in [5.74, 6) is 0.174. The zero-order chi connectivity index (χ0) is 8.55. The molecule has 1 heterocycles. The Balaban J connectivity index is 2.27. The predicted octanol–water partition coefficient (Wildman–Crippen LogP) is 0.961. The van der Waals surface area contributed by atoms with E-state index >= 15 is 0 Å². The van der Waals surface area contributed by atoms with Crippen LogP contribution in [-0.2, 0) is 24.2 Å². The SMILES string of the molecule is CC(=O)Cn1ncc2c1CCC2. The van der Waals surface area contributed by atoms with Crippen molar-refractivity contribution in [2.75, 3.05) is 0 Å². The van der Waals surface area contributed by atoms with Gasteiger partial charge in [-0.3, -0.25) is 9.48 Å². The molecule has 1 aromatic heterocycles. The van der Waals surface area contributed by atoms with Crippen molar-refractivity contribution in [3.05, 3.63) is 17.5 Å². The molecular weight excluding hydrogens is 152 g/mol. The summed E-state index contributed by atoms with van der Waals surface area (Å²) in [7, 11) is 0. The van der Waals surface area contributed by atoms with E-state index < -0.39 is 0 Å². The average molecular weight is 164 g/mol. The van der Waals surface area contributed by atoms with Crippen LogP contribution in [0.15, 0.2) is 6.20 Å². The van der Waals surface area contributed by atoms with E-state index in [0.29, 0.717) is 6.54 Å². The highest BCUT2D eigenvalue weighted by atomic mass is 16.1. The fraction of sp³-hybridized carbons (Fsp3) is 0.556. The maximum absolute atomic E-state index is 10.9. The zero-order valence-electron chi connectivity index (χ0n) is 7.21. The number of carbonyl (C=O) groups excluding carboxylic acids is 1. The molecule has 1 aromatic rings. The van der Waals surface area contributed by atoms with Gasteiger partial charge in [-0.25, -0.2) is 0 Å². The number of aryl methyl sites for hydroxylation is 1. The van der Waals surface area contributed by atoms with Crippen LogP contribution >= 0.6 is 0 Å². The third-order valence-electron chi connectivity index (χ3n) is 2.27. The molecule has 2 rings (SSSR count). The van der Waals surface area contributed by atoms with Gasteiger partial charge in [0.1, 0.15) is 0 Å². The maximum Gasteiger partial charge on any atom is 0.151 e. The van der Waals surface area contributed by atoms with Crippen molar-refractivity contribution in [2.45, 2.75) is 32.7 Å². The summed E-state index contributed by atoms with van der Waals surface area (Å²) in [5, 5.41) is 4.17. The Hall–Kier alpha value is -1.12. The molecule has 0 spiro atoms. The average Bonchev–Trinajstić information content (AvgIpc) is 2.52. The summed E-state index contributed by atoms with van der Waals surface area (Å²) in [6.45, 7) is 2.04. The quantitative estimate of drug-likeness (QED) is 0.652. The Morgan fingerprint density at radius 1 is 1.67 bits per heavy atom. The number of aromatic nitrogens is 2. The number of rotatable bonds is 2. The molecule has 3 heteroatoms. The number of fused-ring (bicyclic) bond motifs is 1. The zero-order valence-corrected chi connectivity index (χ0v) is 7.21. The van der Waals surface area contributed by atoms with E-state index in [1.807, 2.05) is 10.9 Å². The Morgan fingerprint density at radius 2 is 2.50 bits per heavy atom. The third kappa shape index (κ3) is 1.15. The highest BCUT2D eigenvalue weighted by molar-refractivity contribution is 5.75. The summed E-state index contributed by atoms with van der Waals surface area (Å²) in [6, 6.07) is 0. The van der Waals surface area contributed by atoms with Gasteiger partial charge in [-0.15, -0.1) is 0 Å². The van der Waals surface area contributed by atoms with Gasteiger partial charge in [-0.1, -0.05) is 0 Å². The first-order valence-corrected chi connectivity index (χ1v) is 4.30. The van der Waals surface area contributed by atoms with E-state index in [9.17, 15) is 4.79 Å². The second kappa shape index (κ2) is 2.73. The van der Waals surface area contributed by atoms with E-state index in [2.05, 4.69) is 5.10 Å². The molecule has 3 nitrogen and oxygen atoms in total. The Labute approximate surface area is 71.4 Å². The lowest BCUT2D eigenvalue weighted by atomic mass is 10.3. The van der Waals surface area contributed by atoms with E-state index in [-0.39, 0.29) is 5.78 Å². The Morgan fingerprint density at radius 3 is 3.25 bits per heavy atom. The number of ketones is 1. The lowest BCUT2D eigenvalue weighted by Crippen LogP contribution is -2.10. The lowest BCUT2D eigenvalue weighted by Gasteiger charge is -2.00. The molecule has 64 valence electrons. The Bertz CT molecular complexity index is 314. The Kier molecular flexibility index (Phi) is 1.71. The van der Waals surface area contributed by atoms with Crippen LogP contribution in [0, 0.1) is 0 Å². The second-order valence-electron chi connectivity index (χ2n) is 3.33. The van der Waals surface area contributed by atoms with Crippen molar-refractivity contribution in [1.29, 1.82) is 0 Å². The van der Waals surface area contributed by atoms with Gasteiger partial charge in [0.15, 0.2) is 5.78 Å². The minimum Gasteiger partial charge on any atom is -0.298 e. The summed E-state index contributed by atoms with van der Waals surface area (Å²) in [4.78, 5) is 10.9. The van der Waals surface area contributed by atoms with Gasteiger partial charge >= 0.3 is 0 Å². The molecule has 0 saturated heterocycles. The molecule has 0 amide bonds. The first kappa shape index (κ1) is 7.53. The van der Waals surface area contributed by atoms with Crippen LogP contribution in [0.4, 0.5) is 0 Å². The highest BCUT2D eigenvalue weighted by Crippen LogP contribution is 2.20. The van der Waals surface area contributed by atoms with E-state index in [0.717, 1.165) is 12.8 Å². The number of hydrogen-bond acceptors (Lipinski definition) is 2. The summed E-state index contributed by atoms with van der Waals surface area (Å²) in [5.41, 5.74) is 2.60. The minimum atomic E-state index is 0.174. The summed E-state index contributed by atoms with van der Waals surface area (Å²) < 4.78 is 1.84. The molecule has 1 aliphatic carbocycles. The molecule has 0 aromatic carbocycles. The second-order valence-corrected chi connectivity index (χ2v) is 3.33. The number of hydrogen-bond donors (Lipinski definition) is 0. The van der Waals surface area contributed by atoms with Crippen LogP contribution in [0.5, 0.6) is 0 Å². The van der Waals surface area contributed by atoms with Crippen molar-refractivity contribution < 1.29 is 4.79 Å². The molecule has 0 atom stereocenters. The molecule has 0 fully saturated rings. The molecule has 0 radical (unpaired) electrons. The van der Waals surface area contributed by atoms with Gasteiger partial charge in [0.25, 0.3) is 0 Å². The van der Waals surface area contributed by atoms with Crippen molar-refractivity contribution in [2.24, 2.45) is 0 Å². The number of Topliss-reactive ketones (excluding diaryl/α,β-unsaturated/α-hetero) is 1. The van der Waals surface area contributed by atoms with Gasteiger partial charge in [0.05, 0.1) is 12.7 Å². The number of carbonyl (C=O) groups is 1. The smallest absolute Gasteiger partial charge is 0.151 e. The first-order chi connectivity index (χ1) is 5.77. The van der Waals surface area contributed by atoms with Crippen LogP contribution in [-0.4, -0.2) is 15.6 Å². The van der Waals surface area contributed by atoms with E-state index in [1.165, 1.54) is 17.7 Å². The van der Waals surface area contributed by atoms with Gasteiger partial charge in [-0.2, -0.15) is 5.10 Å². The van der Waals surface area contributed by atoms with Crippen molar-refractivity contribution in [3.8, 4) is 0 Å². The summed E-state index contributed by atoms with van der Waals surface area (Å²) in [6.07, 6.45) is 5.33. The van der Waals surface area contributed by atoms with Crippen molar-refractivity contribution in [1.82, 2.24) is 9.78 Å². The van der Waals surface area contributed by atoms with Crippen LogP contribution in [0.2, 0.25) is 0 Å². The molecular formula is C9H12N2O. The van der Waals surface area contributed by atoms with E-state index in [1.54, 1.807) is 6.92 Å². The molecule has 12 heavy (non-hydrogen) atoms. The third-order valence-corrected chi connectivity index (χ3v) is 2.27. The standard InChI is InChI=1S/C9H12N2O/c1-7(12)6-11-9-4-2-3-8(9)5-10-11/h5H,2-4,6H2,1H3. The van der Waals surface area contributed by atoms with Crippen LogP contribution in [0.1, 0.15) is 24.6 Å². The van der Waals surface area contributed by atoms with Crippen molar-refractivity contribution in [3.63, 3.8) is 0 Å². The normalized spacial score (nSPS) is 14.8. The lowest BCUT2D eigenvalue weighted by molar-refractivity contribution is -0.117. The predicted molar refractivity (Wildman–Crippen MR) is 44.9 cm³/mol. The molecule has 0 unspecified atom stereocenters. The van der Waals surface area contributed by atoms with Gasteiger partial charge in [0.2, 0.25) is 0 Å². The fourth-order valence-corrected chi connectivity index (χ4v) is 1.74. The van der Waals surface area contributed by atoms with Crippen LogP contribution in [0.3, 0.4) is 0 Å². The summed E-state index contributed by atoms with van der Waals surface area (Å²) >= 11 is 0. The van der Waals surface area contributed by atoms with Crippen molar-refractivity contribution >= 4 is 5.78 Å². The molecule has 1 aliphatic rings. The molecule has 0 bridgehead atoms. The fourth-order valence-electron chi connectivity index (χ4n) is 1.74. The molecule has 0 N–H and O–H groups in total. The van der Waals surface area contributed by atoms with E-state index in [4.69, 9.17) is 0 Å². The van der Waals surface area contributed by atoms with Gasteiger partial charge < -0.3 is 0 Å². The van der Waals surface area contributed by atoms with Gasteiger partial charge in [0, 0.05) is 5.69 Å². The monoisotopic (exact) mass is 164 g/mol. The van der Waals surface area contributed by atoms with Crippen LogP contribution in [0.25, 0.3) is 0 Å². The van der Waals surface area contributed by atoms with Gasteiger partial charge in [-0.05, 0) is 31.7 Å². The topological polar surface area (TPSA) is 34.9 Å². The number of nitrogens with zero attached hydrogens (tertiary/aromatic N) is 2. The van der Waals surface area contributed by atoms with Crippen LogP contribution < -0.4 is 0 Å².